The standard InChI is InChI=1S/C14H21N3O5S/c1-8(2)11(14(21)22)16-7-9(6-15)12(18)17-10(13(19)20)4-5-23-3/h7-8,10-11,16H,4-5H2,1-3H3,(H,17,18)(H,19,20)(H,21,22)/b9-7-. The third kappa shape index (κ3) is 7.56. The zero-order valence-corrected chi connectivity index (χ0v) is 14.0. The molecule has 0 spiro atoms. The van der Waals surface area contributed by atoms with Gasteiger partial charge < -0.3 is 20.8 Å². The Labute approximate surface area is 138 Å². The van der Waals surface area contributed by atoms with Crippen molar-refractivity contribution in [2.45, 2.75) is 32.4 Å². The second kappa shape index (κ2) is 10.5. The lowest BCUT2D eigenvalue weighted by Crippen LogP contribution is -2.42. The van der Waals surface area contributed by atoms with Crippen LogP contribution in [0.5, 0.6) is 0 Å². The van der Waals surface area contributed by atoms with Crippen LogP contribution in [-0.4, -0.2) is 52.2 Å². The number of thioether (sulfide) groups is 1. The minimum atomic E-state index is -1.19. The number of nitriles is 1. The number of carboxylic acids is 2. The van der Waals surface area contributed by atoms with Crippen molar-refractivity contribution in [3.8, 4) is 6.07 Å². The molecule has 0 aromatic rings. The fraction of sp³-hybridized carbons (Fsp3) is 0.571. The summed E-state index contributed by atoms with van der Waals surface area (Å²) in [4.78, 5) is 34.1. The lowest BCUT2D eigenvalue weighted by molar-refractivity contribution is -0.141. The normalized spacial score (nSPS) is 13.8. The number of carboxylic acid groups (broad SMARTS) is 2. The molecule has 0 heterocycles. The first-order chi connectivity index (χ1) is 10.7. The molecule has 2 unspecified atom stereocenters. The Morgan fingerprint density at radius 3 is 2.26 bits per heavy atom. The Hall–Kier alpha value is -2.21. The van der Waals surface area contributed by atoms with Crippen LogP contribution in [0.4, 0.5) is 0 Å². The molecule has 0 saturated carbocycles. The zero-order chi connectivity index (χ0) is 18.0. The lowest BCUT2D eigenvalue weighted by Gasteiger charge is -2.17. The molecule has 128 valence electrons. The minimum Gasteiger partial charge on any atom is -0.480 e. The fourth-order valence-corrected chi connectivity index (χ4v) is 2.07. The molecule has 23 heavy (non-hydrogen) atoms. The van der Waals surface area contributed by atoms with Crippen LogP contribution in [0.1, 0.15) is 20.3 Å². The van der Waals surface area contributed by atoms with Crippen LogP contribution in [0.25, 0.3) is 0 Å². The number of amides is 1. The highest BCUT2D eigenvalue weighted by Gasteiger charge is 2.23. The van der Waals surface area contributed by atoms with Crippen molar-refractivity contribution in [3.05, 3.63) is 11.8 Å². The van der Waals surface area contributed by atoms with Crippen molar-refractivity contribution < 1.29 is 24.6 Å². The average molecular weight is 343 g/mol. The molecular formula is C14H21N3O5S. The van der Waals surface area contributed by atoms with Gasteiger partial charge in [-0.1, -0.05) is 13.8 Å². The Morgan fingerprint density at radius 2 is 1.87 bits per heavy atom. The van der Waals surface area contributed by atoms with Gasteiger partial charge in [0.25, 0.3) is 5.91 Å². The molecule has 0 radical (unpaired) electrons. The number of rotatable bonds is 10. The van der Waals surface area contributed by atoms with Gasteiger partial charge in [-0.15, -0.1) is 0 Å². The van der Waals surface area contributed by atoms with E-state index < -0.39 is 29.9 Å². The van der Waals surface area contributed by atoms with Crippen LogP contribution in [0.3, 0.4) is 0 Å². The average Bonchev–Trinajstić information content (AvgIpc) is 2.46. The third-order valence-corrected chi connectivity index (χ3v) is 3.56. The molecule has 4 N–H and O–H groups in total. The number of carbonyl (C=O) groups excluding carboxylic acids is 1. The molecule has 0 fully saturated rings. The quantitative estimate of drug-likeness (QED) is 0.330. The molecular weight excluding hydrogens is 322 g/mol. The lowest BCUT2D eigenvalue weighted by atomic mass is 10.1. The van der Waals surface area contributed by atoms with Crippen LogP contribution in [0, 0.1) is 17.2 Å². The SMILES string of the molecule is CSCCC(NC(=O)/C(C#N)=C\NC(C(=O)O)C(C)C)C(=O)O. The van der Waals surface area contributed by atoms with Crippen molar-refractivity contribution in [1.82, 2.24) is 10.6 Å². The maximum atomic E-state index is 11.9. The van der Waals surface area contributed by atoms with E-state index in [1.807, 2.05) is 6.26 Å². The second-order valence-electron chi connectivity index (χ2n) is 5.04. The molecule has 0 bridgehead atoms. The summed E-state index contributed by atoms with van der Waals surface area (Å²) in [5, 5.41) is 31.8. The van der Waals surface area contributed by atoms with E-state index in [0.717, 1.165) is 6.20 Å². The van der Waals surface area contributed by atoms with E-state index in [1.165, 1.54) is 11.8 Å². The van der Waals surface area contributed by atoms with E-state index in [9.17, 15) is 14.4 Å². The highest BCUT2D eigenvalue weighted by Crippen LogP contribution is 2.05. The first-order valence-corrected chi connectivity index (χ1v) is 8.25. The van der Waals surface area contributed by atoms with Crippen LogP contribution in [0.15, 0.2) is 11.8 Å². The van der Waals surface area contributed by atoms with Crippen molar-refractivity contribution in [2.75, 3.05) is 12.0 Å². The van der Waals surface area contributed by atoms with Gasteiger partial charge in [-0.2, -0.15) is 17.0 Å². The van der Waals surface area contributed by atoms with Crippen molar-refractivity contribution in [2.24, 2.45) is 5.92 Å². The van der Waals surface area contributed by atoms with Crippen LogP contribution < -0.4 is 10.6 Å². The van der Waals surface area contributed by atoms with Gasteiger partial charge in [-0.05, 0) is 24.3 Å². The second-order valence-corrected chi connectivity index (χ2v) is 6.03. The molecule has 9 heteroatoms. The van der Waals surface area contributed by atoms with Gasteiger partial charge >= 0.3 is 11.9 Å². The molecule has 0 aliphatic rings. The van der Waals surface area contributed by atoms with Crippen LogP contribution in [-0.2, 0) is 14.4 Å². The molecule has 0 aromatic heterocycles. The number of aliphatic carboxylic acids is 2. The van der Waals surface area contributed by atoms with Gasteiger partial charge in [0.05, 0.1) is 0 Å². The van der Waals surface area contributed by atoms with Crippen LogP contribution >= 0.6 is 11.8 Å². The summed E-state index contributed by atoms with van der Waals surface area (Å²) in [5.41, 5.74) is -0.382. The summed E-state index contributed by atoms with van der Waals surface area (Å²) >= 11 is 1.44. The molecule has 0 aliphatic heterocycles. The first kappa shape index (κ1) is 20.8. The maximum Gasteiger partial charge on any atom is 0.326 e. The summed E-state index contributed by atoms with van der Waals surface area (Å²) in [7, 11) is 0. The van der Waals surface area contributed by atoms with Gasteiger partial charge in [-0.3, -0.25) is 4.79 Å². The maximum absolute atomic E-state index is 11.9. The topological polar surface area (TPSA) is 140 Å². The van der Waals surface area contributed by atoms with Gasteiger partial charge in [0.15, 0.2) is 0 Å². The van der Waals surface area contributed by atoms with E-state index in [4.69, 9.17) is 15.5 Å². The summed E-state index contributed by atoms with van der Waals surface area (Å²) < 4.78 is 0. The van der Waals surface area contributed by atoms with E-state index in [0.29, 0.717) is 5.75 Å². The van der Waals surface area contributed by atoms with Crippen molar-refractivity contribution >= 4 is 29.6 Å². The third-order valence-electron chi connectivity index (χ3n) is 2.92. The largest absolute Gasteiger partial charge is 0.480 e. The van der Waals surface area contributed by atoms with Gasteiger partial charge in [0.1, 0.15) is 23.7 Å². The summed E-state index contributed by atoms with van der Waals surface area (Å²) in [6.07, 6.45) is 3.03. The van der Waals surface area contributed by atoms with Crippen molar-refractivity contribution in [1.29, 1.82) is 5.26 Å². The van der Waals surface area contributed by atoms with Gasteiger partial charge in [-0.25, -0.2) is 9.59 Å². The molecule has 2 atom stereocenters. The Bertz CT molecular complexity index is 513. The predicted octanol–water partition coefficient (Wildman–Crippen LogP) is 0.415. The smallest absolute Gasteiger partial charge is 0.326 e. The zero-order valence-electron chi connectivity index (χ0n) is 13.2. The minimum absolute atomic E-state index is 0.220. The first-order valence-electron chi connectivity index (χ1n) is 6.86. The van der Waals surface area contributed by atoms with Crippen LogP contribution in [0.2, 0.25) is 0 Å². The number of nitrogens with one attached hydrogen (secondary N) is 2. The summed E-state index contributed by atoms with van der Waals surface area (Å²) in [6, 6.07) is -0.434. The highest BCUT2D eigenvalue weighted by molar-refractivity contribution is 7.98. The highest BCUT2D eigenvalue weighted by atomic mass is 32.2. The molecule has 0 saturated heterocycles. The molecule has 0 aromatic carbocycles. The van der Waals surface area contributed by atoms with Gasteiger partial charge in [0, 0.05) is 6.20 Å². The summed E-state index contributed by atoms with van der Waals surface area (Å²) in [6.45, 7) is 3.35. The monoisotopic (exact) mass is 343 g/mol. The Morgan fingerprint density at radius 1 is 1.26 bits per heavy atom. The summed E-state index contributed by atoms with van der Waals surface area (Å²) in [5.74, 6) is -2.89. The van der Waals surface area contributed by atoms with Gasteiger partial charge in [0.2, 0.25) is 0 Å². The fourth-order valence-electron chi connectivity index (χ4n) is 1.60. The molecule has 8 nitrogen and oxygen atoms in total. The van der Waals surface area contributed by atoms with E-state index >= 15 is 0 Å². The van der Waals surface area contributed by atoms with E-state index in [2.05, 4.69) is 10.6 Å². The molecule has 1 amide bonds. The van der Waals surface area contributed by atoms with E-state index in [-0.39, 0.29) is 17.9 Å². The Balaban J connectivity index is 4.97. The number of hydrogen-bond acceptors (Lipinski definition) is 6. The predicted molar refractivity (Wildman–Crippen MR) is 85.7 cm³/mol. The number of nitrogens with zero attached hydrogens (tertiary/aromatic N) is 1. The van der Waals surface area contributed by atoms with Crippen molar-refractivity contribution in [3.63, 3.8) is 0 Å². The number of hydrogen-bond donors (Lipinski definition) is 4. The number of carbonyl (C=O) groups is 3. The molecule has 0 rings (SSSR count). The molecule has 0 aliphatic carbocycles. The van der Waals surface area contributed by atoms with E-state index in [1.54, 1.807) is 19.9 Å². The Kier molecular flexibility index (Phi) is 9.50.